The van der Waals surface area contributed by atoms with Gasteiger partial charge in [-0.3, -0.25) is 4.79 Å². The summed E-state index contributed by atoms with van der Waals surface area (Å²) < 4.78 is 19.7. The van der Waals surface area contributed by atoms with Crippen molar-refractivity contribution in [3.8, 4) is 0 Å². The van der Waals surface area contributed by atoms with Crippen LogP contribution in [0.4, 0.5) is 4.39 Å². The summed E-state index contributed by atoms with van der Waals surface area (Å²) in [5, 5.41) is 3.27. The lowest BCUT2D eigenvalue weighted by atomic mass is 9.78. The minimum Gasteiger partial charge on any atom is -0.375 e. The number of hydrogen-bond acceptors (Lipinski definition) is 2. The molecule has 0 unspecified atom stereocenters. The zero-order chi connectivity index (χ0) is 16.6. The van der Waals surface area contributed by atoms with Crippen molar-refractivity contribution in [3.05, 3.63) is 35.6 Å². The molecule has 3 aliphatic rings. The van der Waals surface area contributed by atoms with E-state index < -0.39 is 5.41 Å². The van der Waals surface area contributed by atoms with Crippen molar-refractivity contribution < 1.29 is 13.9 Å². The predicted molar refractivity (Wildman–Crippen MR) is 90.2 cm³/mol. The number of ether oxygens (including phenoxy) is 1. The first-order valence-corrected chi connectivity index (χ1v) is 9.33. The van der Waals surface area contributed by atoms with Gasteiger partial charge in [0.15, 0.2) is 0 Å². The van der Waals surface area contributed by atoms with Crippen molar-refractivity contribution in [2.24, 2.45) is 0 Å². The fraction of sp³-hybridized carbons (Fsp3) is 0.650. The molecule has 0 bridgehead atoms. The van der Waals surface area contributed by atoms with Crippen LogP contribution in [0.15, 0.2) is 24.3 Å². The van der Waals surface area contributed by atoms with Crippen molar-refractivity contribution in [2.75, 3.05) is 6.61 Å². The Balaban J connectivity index is 1.44. The van der Waals surface area contributed by atoms with Crippen molar-refractivity contribution >= 4 is 5.91 Å². The summed E-state index contributed by atoms with van der Waals surface area (Å²) in [5.41, 5.74) is 0.309. The van der Waals surface area contributed by atoms with Gasteiger partial charge in [0.25, 0.3) is 0 Å². The fourth-order valence-corrected chi connectivity index (χ4v) is 4.58. The second kappa shape index (κ2) is 6.14. The standard InChI is InChI=1S/C20H26FNO2/c21-16-6-4-5-15(13-16)20(10-11-20)18(23)22-17-7-12-24-19(14-17)8-2-1-3-9-19/h4-6,13,17H,1-3,7-12,14H2,(H,22,23)/t17-/m0/s1. The molecule has 2 aliphatic carbocycles. The first kappa shape index (κ1) is 16.1. The maximum Gasteiger partial charge on any atom is 0.230 e. The Bertz CT molecular complexity index is 614. The van der Waals surface area contributed by atoms with Gasteiger partial charge in [0.1, 0.15) is 5.82 Å². The Morgan fingerprint density at radius 1 is 1.17 bits per heavy atom. The van der Waals surface area contributed by atoms with Crippen LogP contribution in [0.5, 0.6) is 0 Å². The minimum absolute atomic E-state index is 0.00990. The quantitative estimate of drug-likeness (QED) is 0.913. The summed E-state index contributed by atoms with van der Waals surface area (Å²) in [7, 11) is 0. The van der Waals surface area contributed by atoms with Crippen LogP contribution in [0.2, 0.25) is 0 Å². The van der Waals surface area contributed by atoms with Crippen LogP contribution in [0, 0.1) is 5.82 Å². The van der Waals surface area contributed by atoms with E-state index >= 15 is 0 Å². The van der Waals surface area contributed by atoms with Crippen LogP contribution in [0.1, 0.15) is 63.4 Å². The predicted octanol–water partition coefficient (Wildman–Crippen LogP) is 3.86. The van der Waals surface area contributed by atoms with Crippen LogP contribution in [-0.2, 0) is 14.9 Å². The summed E-state index contributed by atoms with van der Waals surface area (Å²) in [6.45, 7) is 0.734. The van der Waals surface area contributed by atoms with Crippen molar-refractivity contribution in [1.82, 2.24) is 5.32 Å². The molecule has 0 aromatic heterocycles. The van der Waals surface area contributed by atoms with Crippen molar-refractivity contribution in [2.45, 2.75) is 74.8 Å². The Kier molecular flexibility index (Phi) is 4.11. The number of amides is 1. The molecule has 1 aromatic rings. The highest BCUT2D eigenvalue weighted by Gasteiger charge is 2.52. The maximum absolute atomic E-state index is 13.5. The van der Waals surface area contributed by atoms with Crippen LogP contribution >= 0.6 is 0 Å². The number of carbonyl (C=O) groups excluding carboxylic acids is 1. The number of benzene rings is 1. The van der Waals surface area contributed by atoms with Crippen molar-refractivity contribution in [1.29, 1.82) is 0 Å². The minimum atomic E-state index is -0.500. The average Bonchev–Trinajstić information content (AvgIpc) is 3.37. The number of nitrogens with one attached hydrogen (secondary N) is 1. The second-order valence-electron chi connectivity index (χ2n) is 7.85. The normalized spacial score (nSPS) is 27.6. The molecule has 1 spiro atoms. The smallest absolute Gasteiger partial charge is 0.230 e. The van der Waals surface area contributed by atoms with E-state index in [4.69, 9.17) is 4.74 Å². The first-order chi connectivity index (χ1) is 11.6. The van der Waals surface area contributed by atoms with Gasteiger partial charge < -0.3 is 10.1 Å². The van der Waals surface area contributed by atoms with E-state index in [1.807, 2.05) is 6.07 Å². The zero-order valence-corrected chi connectivity index (χ0v) is 14.2. The molecule has 3 fully saturated rings. The van der Waals surface area contributed by atoms with E-state index in [9.17, 15) is 9.18 Å². The second-order valence-corrected chi connectivity index (χ2v) is 7.85. The van der Waals surface area contributed by atoms with Gasteiger partial charge >= 0.3 is 0 Å². The molecular formula is C20H26FNO2. The third kappa shape index (κ3) is 2.97. The van der Waals surface area contributed by atoms with Gasteiger partial charge in [-0.15, -0.1) is 0 Å². The van der Waals surface area contributed by atoms with E-state index in [2.05, 4.69) is 5.32 Å². The van der Waals surface area contributed by atoms with E-state index in [0.717, 1.165) is 50.7 Å². The summed E-state index contributed by atoms with van der Waals surface area (Å²) in [4.78, 5) is 12.9. The Morgan fingerprint density at radius 3 is 2.67 bits per heavy atom. The van der Waals surface area contributed by atoms with E-state index in [-0.39, 0.29) is 23.4 Å². The van der Waals surface area contributed by atoms with E-state index in [0.29, 0.717) is 0 Å². The van der Waals surface area contributed by atoms with Gasteiger partial charge in [0.05, 0.1) is 11.0 Å². The third-order valence-electron chi connectivity index (χ3n) is 6.15. The molecule has 3 nitrogen and oxygen atoms in total. The Labute approximate surface area is 143 Å². The molecule has 2 saturated carbocycles. The molecule has 1 N–H and O–H groups in total. The van der Waals surface area contributed by atoms with Crippen LogP contribution in [0.25, 0.3) is 0 Å². The van der Waals surface area contributed by atoms with Gasteiger partial charge in [-0.25, -0.2) is 4.39 Å². The maximum atomic E-state index is 13.5. The number of carbonyl (C=O) groups is 1. The molecule has 1 heterocycles. The molecule has 1 saturated heterocycles. The molecular weight excluding hydrogens is 305 g/mol. The highest BCUT2D eigenvalue weighted by Crippen LogP contribution is 2.49. The highest BCUT2D eigenvalue weighted by molar-refractivity contribution is 5.91. The molecule has 24 heavy (non-hydrogen) atoms. The lowest BCUT2D eigenvalue weighted by molar-refractivity contribution is -0.130. The fourth-order valence-electron chi connectivity index (χ4n) is 4.58. The molecule has 1 aliphatic heterocycles. The Hall–Kier alpha value is -1.42. The highest BCUT2D eigenvalue weighted by atomic mass is 19.1. The lowest BCUT2D eigenvalue weighted by Gasteiger charge is -2.44. The van der Waals surface area contributed by atoms with E-state index in [1.165, 1.54) is 31.4 Å². The topological polar surface area (TPSA) is 38.3 Å². The van der Waals surface area contributed by atoms with Gasteiger partial charge in [-0.1, -0.05) is 31.4 Å². The summed E-state index contributed by atoms with van der Waals surface area (Å²) in [6.07, 6.45) is 9.44. The molecule has 1 amide bonds. The summed E-state index contributed by atoms with van der Waals surface area (Å²) in [5.74, 6) is -0.190. The lowest BCUT2D eigenvalue weighted by Crippen LogP contribution is -2.51. The number of halogens is 1. The summed E-state index contributed by atoms with van der Waals surface area (Å²) >= 11 is 0. The van der Waals surface area contributed by atoms with E-state index in [1.54, 1.807) is 6.07 Å². The number of rotatable bonds is 3. The monoisotopic (exact) mass is 331 g/mol. The molecule has 4 rings (SSSR count). The molecule has 0 radical (unpaired) electrons. The molecule has 1 aromatic carbocycles. The first-order valence-electron chi connectivity index (χ1n) is 9.33. The molecule has 1 atom stereocenters. The van der Waals surface area contributed by atoms with Gasteiger partial charge in [0.2, 0.25) is 5.91 Å². The zero-order valence-electron chi connectivity index (χ0n) is 14.2. The van der Waals surface area contributed by atoms with Gasteiger partial charge in [-0.05, 0) is 56.2 Å². The SMILES string of the molecule is O=C(N[C@H]1CCOC2(CCCCC2)C1)C1(c2cccc(F)c2)CC1. The van der Waals surface area contributed by atoms with Crippen LogP contribution in [0.3, 0.4) is 0 Å². The largest absolute Gasteiger partial charge is 0.375 e. The van der Waals surface area contributed by atoms with Gasteiger partial charge in [0, 0.05) is 12.6 Å². The summed E-state index contributed by atoms with van der Waals surface area (Å²) in [6, 6.07) is 6.71. The van der Waals surface area contributed by atoms with Gasteiger partial charge in [-0.2, -0.15) is 0 Å². The van der Waals surface area contributed by atoms with Crippen LogP contribution in [-0.4, -0.2) is 24.2 Å². The Morgan fingerprint density at radius 2 is 1.96 bits per heavy atom. The third-order valence-corrected chi connectivity index (χ3v) is 6.15. The molecule has 4 heteroatoms. The average molecular weight is 331 g/mol. The number of hydrogen-bond donors (Lipinski definition) is 1. The van der Waals surface area contributed by atoms with Crippen molar-refractivity contribution in [3.63, 3.8) is 0 Å². The van der Waals surface area contributed by atoms with Crippen LogP contribution < -0.4 is 5.32 Å². The molecule has 130 valence electrons.